The molecule has 74 valence electrons. The molecule has 0 amide bonds. The van der Waals surface area contributed by atoms with Gasteiger partial charge in [0.15, 0.2) is 0 Å². The number of benzene rings is 1. The predicted molar refractivity (Wildman–Crippen MR) is 56.0 cm³/mol. The summed E-state index contributed by atoms with van der Waals surface area (Å²) in [5.74, 6) is -0.323. The SMILES string of the molecule is Cc1cc(Br)cc(C(N)CC#N)c1F. The molecule has 14 heavy (non-hydrogen) atoms. The molecule has 1 rings (SSSR count). The lowest BCUT2D eigenvalue weighted by Gasteiger charge is -2.11. The first-order chi connectivity index (χ1) is 6.56. The van der Waals surface area contributed by atoms with Crippen LogP contribution in [0, 0.1) is 24.1 Å². The standard InChI is InChI=1S/C10H10BrFN2/c1-6-4-7(11)5-8(10(6)12)9(14)2-3-13/h4-5,9H,2,14H2,1H3. The Morgan fingerprint density at radius 2 is 2.29 bits per heavy atom. The van der Waals surface area contributed by atoms with Crippen molar-refractivity contribution in [3.63, 3.8) is 0 Å². The molecular formula is C10H10BrFN2. The van der Waals surface area contributed by atoms with E-state index in [-0.39, 0.29) is 12.2 Å². The lowest BCUT2D eigenvalue weighted by molar-refractivity contribution is 0.576. The quantitative estimate of drug-likeness (QED) is 0.885. The van der Waals surface area contributed by atoms with E-state index in [4.69, 9.17) is 11.0 Å². The zero-order chi connectivity index (χ0) is 10.7. The maximum atomic E-state index is 13.5. The van der Waals surface area contributed by atoms with Crippen LogP contribution in [0.4, 0.5) is 4.39 Å². The van der Waals surface area contributed by atoms with Gasteiger partial charge in [0.2, 0.25) is 0 Å². The summed E-state index contributed by atoms with van der Waals surface area (Å²) in [6.07, 6.45) is 0.118. The van der Waals surface area contributed by atoms with Gasteiger partial charge >= 0.3 is 0 Å². The number of hydrogen-bond donors (Lipinski definition) is 1. The second-order valence-corrected chi connectivity index (χ2v) is 4.01. The van der Waals surface area contributed by atoms with Crippen molar-refractivity contribution in [2.75, 3.05) is 0 Å². The van der Waals surface area contributed by atoms with Crippen molar-refractivity contribution in [1.82, 2.24) is 0 Å². The highest BCUT2D eigenvalue weighted by Crippen LogP contribution is 2.24. The van der Waals surface area contributed by atoms with Crippen LogP contribution >= 0.6 is 15.9 Å². The minimum Gasteiger partial charge on any atom is -0.323 e. The van der Waals surface area contributed by atoms with Crippen molar-refractivity contribution >= 4 is 15.9 Å². The van der Waals surface area contributed by atoms with Crippen molar-refractivity contribution < 1.29 is 4.39 Å². The molecule has 0 aliphatic carbocycles. The summed E-state index contributed by atoms with van der Waals surface area (Å²) in [5, 5.41) is 8.46. The molecule has 0 fully saturated rings. The van der Waals surface area contributed by atoms with E-state index in [1.54, 1.807) is 19.1 Å². The highest BCUT2D eigenvalue weighted by molar-refractivity contribution is 9.10. The molecule has 0 saturated heterocycles. The van der Waals surface area contributed by atoms with Crippen LogP contribution in [0.3, 0.4) is 0 Å². The van der Waals surface area contributed by atoms with Crippen LogP contribution in [0.1, 0.15) is 23.6 Å². The first kappa shape index (κ1) is 11.2. The first-order valence-corrected chi connectivity index (χ1v) is 4.93. The second-order valence-electron chi connectivity index (χ2n) is 3.09. The summed E-state index contributed by atoms with van der Waals surface area (Å²) in [4.78, 5) is 0. The van der Waals surface area contributed by atoms with Crippen LogP contribution in [0.15, 0.2) is 16.6 Å². The predicted octanol–water partition coefficient (Wildman–Crippen LogP) is 2.81. The maximum absolute atomic E-state index is 13.5. The molecule has 4 heteroatoms. The molecule has 2 N–H and O–H groups in total. The molecule has 0 saturated carbocycles. The average Bonchev–Trinajstić information content (AvgIpc) is 2.11. The Balaban J connectivity index is 3.14. The van der Waals surface area contributed by atoms with E-state index in [2.05, 4.69) is 15.9 Å². The summed E-state index contributed by atoms with van der Waals surface area (Å²) in [6, 6.07) is 4.66. The number of nitrogens with two attached hydrogens (primary N) is 1. The number of aryl methyl sites for hydroxylation is 1. The Kier molecular flexibility index (Phi) is 3.62. The number of rotatable bonds is 2. The van der Waals surface area contributed by atoms with Crippen LogP contribution in [0.2, 0.25) is 0 Å². The molecule has 0 radical (unpaired) electrons. The van der Waals surface area contributed by atoms with Crippen molar-refractivity contribution in [3.05, 3.63) is 33.5 Å². The van der Waals surface area contributed by atoms with E-state index in [0.29, 0.717) is 11.1 Å². The summed E-state index contributed by atoms with van der Waals surface area (Å²) in [6.45, 7) is 1.67. The topological polar surface area (TPSA) is 49.8 Å². The van der Waals surface area contributed by atoms with E-state index in [0.717, 1.165) is 4.47 Å². The van der Waals surface area contributed by atoms with Gasteiger partial charge < -0.3 is 5.73 Å². The molecule has 0 heterocycles. The number of nitriles is 1. The van der Waals surface area contributed by atoms with E-state index in [9.17, 15) is 4.39 Å². The largest absolute Gasteiger partial charge is 0.323 e. The monoisotopic (exact) mass is 256 g/mol. The summed E-state index contributed by atoms with van der Waals surface area (Å²) >= 11 is 3.26. The van der Waals surface area contributed by atoms with Crippen LogP contribution < -0.4 is 5.73 Å². The zero-order valence-electron chi connectivity index (χ0n) is 7.72. The summed E-state index contributed by atoms with van der Waals surface area (Å²) < 4.78 is 14.3. The normalized spacial score (nSPS) is 12.2. The zero-order valence-corrected chi connectivity index (χ0v) is 9.31. The van der Waals surface area contributed by atoms with Gasteiger partial charge in [-0.3, -0.25) is 0 Å². The molecule has 0 spiro atoms. The molecule has 1 unspecified atom stereocenters. The number of nitrogens with zero attached hydrogens (tertiary/aromatic N) is 1. The molecule has 0 aliphatic rings. The molecule has 1 aromatic rings. The Bertz CT molecular complexity index is 384. The van der Waals surface area contributed by atoms with E-state index in [1.807, 2.05) is 6.07 Å². The molecule has 2 nitrogen and oxygen atoms in total. The van der Waals surface area contributed by atoms with Crippen molar-refractivity contribution in [3.8, 4) is 6.07 Å². The molecular weight excluding hydrogens is 247 g/mol. The molecule has 1 aromatic carbocycles. The third-order valence-corrected chi connectivity index (χ3v) is 2.42. The van der Waals surface area contributed by atoms with Crippen molar-refractivity contribution in [1.29, 1.82) is 5.26 Å². The summed E-state index contributed by atoms with van der Waals surface area (Å²) in [5.41, 5.74) is 6.58. The van der Waals surface area contributed by atoms with Gasteiger partial charge in [-0.05, 0) is 24.6 Å². The smallest absolute Gasteiger partial charge is 0.130 e. The van der Waals surface area contributed by atoms with E-state index < -0.39 is 6.04 Å². The van der Waals surface area contributed by atoms with E-state index in [1.165, 1.54) is 0 Å². The highest BCUT2D eigenvalue weighted by Gasteiger charge is 2.13. The third-order valence-electron chi connectivity index (χ3n) is 1.96. The van der Waals surface area contributed by atoms with Gasteiger partial charge in [-0.25, -0.2) is 4.39 Å². The fraction of sp³-hybridized carbons (Fsp3) is 0.300. The van der Waals surface area contributed by atoms with Gasteiger partial charge in [0, 0.05) is 16.1 Å². The van der Waals surface area contributed by atoms with Crippen molar-refractivity contribution in [2.45, 2.75) is 19.4 Å². The highest BCUT2D eigenvalue weighted by atomic mass is 79.9. The summed E-state index contributed by atoms with van der Waals surface area (Å²) in [7, 11) is 0. The van der Waals surface area contributed by atoms with Crippen LogP contribution in [0.25, 0.3) is 0 Å². The Hall–Kier alpha value is -0.920. The Morgan fingerprint density at radius 1 is 1.64 bits per heavy atom. The second kappa shape index (κ2) is 4.54. The molecule has 0 bridgehead atoms. The molecule has 1 atom stereocenters. The first-order valence-electron chi connectivity index (χ1n) is 4.14. The van der Waals surface area contributed by atoms with Gasteiger partial charge in [0.05, 0.1) is 12.5 Å². The molecule has 0 aliphatic heterocycles. The van der Waals surface area contributed by atoms with Crippen LogP contribution in [0.5, 0.6) is 0 Å². The van der Waals surface area contributed by atoms with Crippen molar-refractivity contribution in [2.24, 2.45) is 5.73 Å². The number of halogens is 2. The van der Waals surface area contributed by atoms with Gasteiger partial charge in [-0.2, -0.15) is 5.26 Å². The van der Waals surface area contributed by atoms with Gasteiger partial charge in [0.25, 0.3) is 0 Å². The third kappa shape index (κ3) is 2.31. The van der Waals surface area contributed by atoms with Crippen LogP contribution in [-0.4, -0.2) is 0 Å². The Morgan fingerprint density at radius 3 is 2.86 bits per heavy atom. The van der Waals surface area contributed by atoms with E-state index >= 15 is 0 Å². The number of hydrogen-bond acceptors (Lipinski definition) is 2. The van der Waals surface area contributed by atoms with Gasteiger partial charge in [-0.1, -0.05) is 15.9 Å². The van der Waals surface area contributed by atoms with Crippen LogP contribution in [-0.2, 0) is 0 Å². The average molecular weight is 257 g/mol. The molecule has 0 aromatic heterocycles. The Labute approximate surface area is 90.7 Å². The minimum absolute atomic E-state index is 0.118. The lowest BCUT2D eigenvalue weighted by Crippen LogP contribution is -2.12. The maximum Gasteiger partial charge on any atom is 0.130 e. The lowest BCUT2D eigenvalue weighted by atomic mass is 10.0. The minimum atomic E-state index is -0.559. The fourth-order valence-electron chi connectivity index (χ4n) is 1.23. The van der Waals surface area contributed by atoms with Gasteiger partial charge in [0.1, 0.15) is 5.82 Å². The van der Waals surface area contributed by atoms with Gasteiger partial charge in [-0.15, -0.1) is 0 Å². The fourth-order valence-corrected chi connectivity index (χ4v) is 1.82.